The number of aromatic amines is 1. The van der Waals surface area contributed by atoms with Crippen molar-refractivity contribution < 1.29 is 4.39 Å². The highest BCUT2D eigenvalue weighted by atomic mass is 79.9. The third-order valence-corrected chi connectivity index (χ3v) is 3.31. The lowest BCUT2D eigenvalue weighted by Gasteiger charge is -2.07. The Morgan fingerprint density at radius 2 is 2.31 bits per heavy atom. The first kappa shape index (κ1) is 11.5. The maximum atomic E-state index is 13.3. The summed E-state index contributed by atoms with van der Waals surface area (Å²) in [6, 6.07) is 3.12. The third kappa shape index (κ3) is 1.97. The van der Waals surface area contributed by atoms with Gasteiger partial charge in [0.25, 0.3) is 0 Å². The van der Waals surface area contributed by atoms with E-state index in [1.807, 2.05) is 0 Å². The molecule has 0 radical (unpaired) electrons. The van der Waals surface area contributed by atoms with Crippen molar-refractivity contribution in [1.82, 2.24) is 9.97 Å². The average Bonchev–Trinajstić information content (AvgIpc) is 2.63. The summed E-state index contributed by atoms with van der Waals surface area (Å²) in [6.07, 6.45) is 0.917. The molecule has 0 saturated heterocycles. The normalized spacial score (nSPS) is 13.2. The number of fused-ring (bicyclic) bond motifs is 1. The second kappa shape index (κ2) is 4.51. The molecule has 3 nitrogen and oxygen atoms in total. The first-order valence-corrected chi connectivity index (χ1v) is 5.99. The molecule has 86 valence electrons. The van der Waals surface area contributed by atoms with Gasteiger partial charge in [0.15, 0.2) is 0 Å². The molecule has 2 rings (SSSR count). The molecule has 0 saturated carbocycles. The SMILES string of the molecule is CCC(CN)c1nc2cc(Br)c(F)cc2[nH]1. The number of H-pyrrole nitrogens is 1. The largest absolute Gasteiger partial charge is 0.342 e. The Morgan fingerprint density at radius 3 is 2.94 bits per heavy atom. The van der Waals surface area contributed by atoms with E-state index in [-0.39, 0.29) is 11.7 Å². The molecule has 1 unspecified atom stereocenters. The third-order valence-electron chi connectivity index (χ3n) is 2.71. The minimum Gasteiger partial charge on any atom is -0.342 e. The van der Waals surface area contributed by atoms with Gasteiger partial charge in [-0.3, -0.25) is 0 Å². The van der Waals surface area contributed by atoms with E-state index in [0.717, 1.165) is 17.8 Å². The summed E-state index contributed by atoms with van der Waals surface area (Å²) in [5.74, 6) is 0.746. The van der Waals surface area contributed by atoms with Crippen LogP contribution in [-0.2, 0) is 0 Å². The molecule has 0 aliphatic heterocycles. The molecule has 2 aromatic rings. The molecule has 1 atom stereocenters. The fourth-order valence-electron chi connectivity index (χ4n) is 1.69. The molecule has 1 heterocycles. The molecule has 16 heavy (non-hydrogen) atoms. The molecule has 0 spiro atoms. The van der Waals surface area contributed by atoms with E-state index in [1.54, 1.807) is 6.07 Å². The first-order chi connectivity index (χ1) is 7.65. The number of hydrogen-bond donors (Lipinski definition) is 2. The van der Waals surface area contributed by atoms with E-state index in [1.165, 1.54) is 6.07 Å². The van der Waals surface area contributed by atoms with Crippen LogP contribution in [0.1, 0.15) is 25.1 Å². The number of benzene rings is 1. The zero-order valence-corrected chi connectivity index (χ0v) is 10.5. The first-order valence-electron chi connectivity index (χ1n) is 5.20. The highest BCUT2D eigenvalue weighted by Gasteiger charge is 2.13. The van der Waals surface area contributed by atoms with Gasteiger partial charge in [-0.2, -0.15) is 0 Å². The van der Waals surface area contributed by atoms with Crippen molar-refractivity contribution in [2.45, 2.75) is 19.3 Å². The summed E-state index contributed by atoms with van der Waals surface area (Å²) >= 11 is 3.14. The van der Waals surface area contributed by atoms with Crippen molar-refractivity contribution in [2.24, 2.45) is 5.73 Å². The molecule has 0 amide bonds. The van der Waals surface area contributed by atoms with E-state index in [9.17, 15) is 4.39 Å². The molecule has 0 aliphatic carbocycles. The number of rotatable bonds is 3. The number of imidazole rings is 1. The zero-order valence-electron chi connectivity index (χ0n) is 8.93. The second-order valence-electron chi connectivity index (χ2n) is 3.75. The zero-order chi connectivity index (χ0) is 11.7. The summed E-state index contributed by atoms with van der Waals surface area (Å²) in [5, 5.41) is 0. The van der Waals surface area contributed by atoms with Gasteiger partial charge in [0.1, 0.15) is 11.6 Å². The molecular formula is C11H13BrFN3. The van der Waals surface area contributed by atoms with Crippen LogP contribution < -0.4 is 5.73 Å². The smallest absolute Gasteiger partial charge is 0.139 e. The van der Waals surface area contributed by atoms with Gasteiger partial charge in [0.05, 0.1) is 15.5 Å². The van der Waals surface area contributed by atoms with E-state index >= 15 is 0 Å². The van der Waals surface area contributed by atoms with Gasteiger partial charge >= 0.3 is 0 Å². The van der Waals surface area contributed by atoms with Crippen molar-refractivity contribution >= 4 is 27.0 Å². The van der Waals surface area contributed by atoms with Gasteiger partial charge in [-0.15, -0.1) is 0 Å². The summed E-state index contributed by atoms with van der Waals surface area (Å²) < 4.78 is 13.7. The van der Waals surface area contributed by atoms with E-state index < -0.39 is 0 Å². The summed E-state index contributed by atoms with van der Waals surface area (Å²) in [4.78, 5) is 7.54. The Hall–Kier alpha value is -0.940. The standard InChI is InChI=1S/C11H13BrFN3/c1-2-6(5-14)11-15-9-3-7(12)8(13)4-10(9)16-11/h3-4,6H,2,5,14H2,1H3,(H,15,16). The van der Waals surface area contributed by atoms with Gasteiger partial charge in [0.2, 0.25) is 0 Å². The highest BCUT2D eigenvalue weighted by Crippen LogP contribution is 2.24. The van der Waals surface area contributed by atoms with Crippen molar-refractivity contribution in [3.05, 3.63) is 28.2 Å². The van der Waals surface area contributed by atoms with Crippen LogP contribution in [0.2, 0.25) is 0 Å². The predicted molar refractivity (Wildman–Crippen MR) is 65.8 cm³/mol. The number of halogens is 2. The molecule has 1 aromatic heterocycles. The minimum absolute atomic E-state index is 0.203. The Balaban J connectivity index is 2.51. The van der Waals surface area contributed by atoms with Gasteiger partial charge < -0.3 is 10.7 Å². The predicted octanol–water partition coefficient (Wildman–Crippen LogP) is 2.92. The maximum Gasteiger partial charge on any atom is 0.139 e. The Kier molecular flexibility index (Phi) is 3.25. The fraction of sp³-hybridized carbons (Fsp3) is 0.364. The van der Waals surface area contributed by atoms with Crippen LogP contribution in [-0.4, -0.2) is 16.5 Å². The lowest BCUT2D eigenvalue weighted by molar-refractivity contribution is 0.622. The van der Waals surface area contributed by atoms with Crippen LogP contribution >= 0.6 is 15.9 Å². The molecule has 1 aromatic carbocycles. The van der Waals surface area contributed by atoms with Crippen molar-refractivity contribution in [3.8, 4) is 0 Å². The van der Waals surface area contributed by atoms with Crippen LogP contribution in [0.5, 0.6) is 0 Å². The second-order valence-corrected chi connectivity index (χ2v) is 4.60. The topological polar surface area (TPSA) is 54.7 Å². The van der Waals surface area contributed by atoms with Crippen LogP contribution in [0.3, 0.4) is 0 Å². The summed E-state index contributed by atoms with van der Waals surface area (Å²) in [6.45, 7) is 2.60. The van der Waals surface area contributed by atoms with Crippen molar-refractivity contribution in [1.29, 1.82) is 0 Å². The molecule has 5 heteroatoms. The van der Waals surface area contributed by atoms with Gasteiger partial charge in [-0.25, -0.2) is 9.37 Å². The molecule has 0 aliphatic rings. The van der Waals surface area contributed by atoms with E-state index in [0.29, 0.717) is 16.5 Å². The van der Waals surface area contributed by atoms with Crippen molar-refractivity contribution in [3.63, 3.8) is 0 Å². The van der Waals surface area contributed by atoms with Crippen LogP contribution in [0.4, 0.5) is 4.39 Å². The van der Waals surface area contributed by atoms with Gasteiger partial charge in [0, 0.05) is 18.5 Å². The fourth-order valence-corrected chi connectivity index (χ4v) is 2.02. The Morgan fingerprint density at radius 1 is 1.56 bits per heavy atom. The number of nitrogens with two attached hydrogens (primary N) is 1. The van der Waals surface area contributed by atoms with Crippen LogP contribution in [0.15, 0.2) is 16.6 Å². The number of nitrogens with zero attached hydrogens (tertiary/aromatic N) is 1. The monoisotopic (exact) mass is 285 g/mol. The summed E-state index contributed by atoms with van der Waals surface area (Å²) in [5.41, 5.74) is 7.12. The molecule has 3 N–H and O–H groups in total. The Labute approximate surface area is 101 Å². The molecule has 0 fully saturated rings. The lowest BCUT2D eigenvalue weighted by Crippen LogP contribution is -2.12. The highest BCUT2D eigenvalue weighted by molar-refractivity contribution is 9.10. The lowest BCUT2D eigenvalue weighted by atomic mass is 10.1. The average molecular weight is 286 g/mol. The van der Waals surface area contributed by atoms with Crippen molar-refractivity contribution in [2.75, 3.05) is 6.54 Å². The van der Waals surface area contributed by atoms with Crippen LogP contribution in [0.25, 0.3) is 11.0 Å². The Bertz CT molecular complexity index is 466. The summed E-state index contributed by atoms with van der Waals surface area (Å²) in [7, 11) is 0. The van der Waals surface area contributed by atoms with Crippen LogP contribution in [0, 0.1) is 5.82 Å². The number of hydrogen-bond acceptors (Lipinski definition) is 2. The van der Waals surface area contributed by atoms with Gasteiger partial charge in [-0.1, -0.05) is 6.92 Å². The van der Waals surface area contributed by atoms with E-state index in [2.05, 4.69) is 32.8 Å². The number of nitrogens with one attached hydrogen (secondary N) is 1. The quantitative estimate of drug-likeness (QED) is 0.911. The molecule has 0 bridgehead atoms. The minimum atomic E-state index is -0.288. The van der Waals surface area contributed by atoms with Gasteiger partial charge in [-0.05, 0) is 28.4 Å². The maximum absolute atomic E-state index is 13.3. The van der Waals surface area contributed by atoms with E-state index in [4.69, 9.17) is 5.73 Å². The number of aromatic nitrogens is 2. The molecular weight excluding hydrogens is 273 g/mol.